The fraction of sp³-hybridized carbons (Fsp3) is 0.111. The molecule has 0 saturated carbocycles. The van der Waals surface area contributed by atoms with Gasteiger partial charge in [-0.3, -0.25) is 4.79 Å². The van der Waals surface area contributed by atoms with Crippen LogP contribution in [0.25, 0.3) is 0 Å². The third-order valence-corrected chi connectivity index (χ3v) is 3.86. The number of ketones is 1. The van der Waals surface area contributed by atoms with Gasteiger partial charge in [-0.2, -0.15) is 0 Å². The van der Waals surface area contributed by atoms with Gasteiger partial charge in [-0.15, -0.1) is 0 Å². The van der Waals surface area contributed by atoms with Gasteiger partial charge in [0.25, 0.3) is 5.78 Å². The highest BCUT2D eigenvalue weighted by atomic mass is 79.9. The summed E-state index contributed by atoms with van der Waals surface area (Å²) >= 11 is 2.98. The number of carboxylic acids is 1. The van der Waals surface area contributed by atoms with E-state index in [-0.39, 0.29) is 14.9 Å². The molecule has 1 rings (SSSR count). The minimum absolute atomic E-state index is 0.00874. The van der Waals surface area contributed by atoms with Crippen molar-refractivity contribution in [1.29, 1.82) is 0 Å². The Labute approximate surface area is 100 Å². The van der Waals surface area contributed by atoms with E-state index in [1.165, 1.54) is 12.1 Å². The average Bonchev–Trinajstić information content (AvgIpc) is 2.14. The molecule has 0 unspecified atom stereocenters. The van der Waals surface area contributed by atoms with Gasteiger partial charge in [-0.1, -0.05) is 0 Å². The van der Waals surface area contributed by atoms with E-state index in [4.69, 9.17) is 5.11 Å². The normalized spacial score (nSPS) is 11.1. The Morgan fingerprint density at radius 1 is 1.31 bits per heavy atom. The van der Waals surface area contributed by atoms with Gasteiger partial charge in [0.05, 0.1) is 4.90 Å². The van der Waals surface area contributed by atoms with Crippen molar-refractivity contribution in [2.75, 3.05) is 6.26 Å². The molecule has 16 heavy (non-hydrogen) atoms. The summed E-state index contributed by atoms with van der Waals surface area (Å²) in [5.74, 6) is -2.67. The van der Waals surface area contributed by atoms with Crippen molar-refractivity contribution in [2.24, 2.45) is 0 Å². The van der Waals surface area contributed by atoms with Crippen LogP contribution < -0.4 is 0 Å². The maximum Gasteiger partial charge on any atom is 0.377 e. The zero-order valence-electron chi connectivity index (χ0n) is 8.10. The van der Waals surface area contributed by atoms with Gasteiger partial charge in [0.2, 0.25) is 0 Å². The lowest BCUT2D eigenvalue weighted by molar-refractivity contribution is -0.131. The molecule has 5 nitrogen and oxygen atoms in total. The van der Waals surface area contributed by atoms with Crippen LogP contribution in [0, 0.1) is 0 Å². The highest BCUT2D eigenvalue weighted by Crippen LogP contribution is 2.23. The smallest absolute Gasteiger partial charge is 0.377 e. The number of rotatable bonds is 3. The van der Waals surface area contributed by atoms with Crippen LogP contribution in [0.1, 0.15) is 10.4 Å². The number of benzene rings is 1. The molecule has 0 bridgehead atoms. The second kappa shape index (κ2) is 4.34. The monoisotopic (exact) mass is 306 g/mol. The van der Waals surface area contributed by atoms with Gasteiger partial charge in [0.15, 0.2) is 9.84 Å². The molecule has 0 radical (unpaired) electrons. The summed E-state index contributed by atoms with van der Waals surface area (Å²) in [4.78, 5) is 21.5. The Morgan fingerprint density at radius 3 is 2.25 bits per heavy atom. The number of hydrogen-bond acceptors (Lipinski definition) is 4. The fourth-order valence-corrected chi connectivity index (χ4v) is 3.06. The zero-order valence-corrected chi connectivity index (χ0v) is 10.5. The number of carboxylic acid groups (broad SMARTS) is 1. The molecule has 0 spiro atoms. The predicted octanol–water partition coefficient (Wildman–Crippen LogP) is 1.12. The van der Waals surface area contributed by atoms with Gasteiger partial charge in [-0.25, -0.2) is 13.2 Å². The minimum atomic E-state index is -3.40. The molecule has 1 aromatic rings. The molecule has 0 aliphatic heterocycles. The van der Waals surface area contributed by atoms with E-state index < -0.39 is 21.6 Å². The van der Waals surface area contributed by atoms with E-state index in [1.54, 1.807) is 0 Å². The maximum atomic E-state index is 11.2. The zero-order chi connectivity index (χ0) is 12.5. The Balaban J connectivity index is 3.30. The second-order valence-corrected chi connectivity index (χ2v) is 5.89. The Kier molecular flexibility index (Phi) is 3.49. The van der Waals surface area contributed by atoms with Crippen molar-refractivity contribution < 1.29 is 23.1 Å². The van der Waals surface area contributed by atoms with Crippen LogP contribution >= 0.6 is 15.9 Å². The van der Waals surface area contributed by atoms with Crippen LogP contribution in [-0.2, 0) is 14.6 Å². The summed E-state index contributed by atoms with van der Waals surface area (Å²) < 4.78 is 22.6. The minimum Gasteiger partial charge on any atom is -0.475 e. The summed E-state index contributed by atoms with van der Waals surface area (Å²) in [6.45, 7) is 0. The number of carbonyl (C=O) groups is 2. The number of sulfone groups is 1. The van der Waals surface area contributed by atoms with Gasteiger partial charge in [0, 0.05) is 16.3 Å². The largest absolute Gasteiger partial charge is 0.475 e. The summed E-state index contributed by atoms with van der Waals surface area (Å²) in [6, 6.07) is 3.53. The molecule has 7 heteroatoms. The summed E-state index contributed by atoms with van der Waals surface area (Å²) in [5, 5.41) is 8.47. The van der Waals surface area contributed by atoms with E-state index in [9.17, 15) is 18.0 Å². The van der Waals surface area contributed by atoms with Crippen molar-refractivity contribution in [1.82, 2.24) is 0 Å². The van der Waals surface area contributed by atoms with E-state index in [0.29, 0.717) is 0 Å². The molecule has 0 aliphatic rings. The number of Topliss-reactive ketones (excluding diaryl/α,β-unsaturated/α-hetero) is 1. The topological polar surface area (TPSA) is 88.5 Å². The van der Waals surface area contributed by atoms with Crippen LogP contribution in [0.2, 0.25) is 0 Å². The molecule has 0 aromatic heterocycles. The molecule has 0 amide bonds. The average molecular weight is 307 g/mol. The van der Waals surface area contributed by atoms with Gasteiger partial charge >= 0.3 is 5.97 Å². The lowest BCUT2D eigenvalue weighted by Crippen LogP contribution is -2.13. The molecule has 0 heterocycles. The van der Waals surface area contributed by atoms with E-state index >= 15 is 0 Å². The molecular weight excluding hydrogens is 300 g/mol. The number of halogens is 1. The van der Waals surface area contributed by atoms with Gasteiger partial charge in [0.1, 0.15) is 0 Å². The van der Waals surface area contributed by atoms with Crippen LogP contribution in [-0.4, -0.2) is 31.5 Å². The van der Waals surface area contributed by atoms with Gasteiger partial charge < -0.3 is 5.11 Å². The van der Waals surface area contributed by atoms with Crippen molar-refractivity contribution in [3.63, 3.8) is 0 Å². The number of aliphatic carboxylic acids is 1. The van der Waals surface area contributed by atoms with E-state index in [0.717, 1.165) is 12.3 Å². The summed E-state index contributed by atoms with van der Waals surface area (Å²) in [5.41, 5.74) is -0.0771. The van der Waals surface area contributed by atoms with E-state index in [1.807, 2.05) is 0 Å². The molecular formula is C9H7BrO5S. The Bertz CT molecular complexity index is 561. The Morgan fingerprint density at radius 2 is 1.88 bits per heavy atom. The van der Waals surface area contributed by atoms with Gasteiger partial charge in [-0.05, 0) is 34.1 Å². The first-order chi connectivity index (χ1) is 7.23. The predicted molar refractivity (Wildman–Crippen MR) is 59.2 cm³/mol. The van der Waals surface area contributed by atoms with Crippen molar-refractivity contribution in [3.05, 3.63) is 28.2 Å². The Hall–Kier alpha value is -1.21. The van der Waals surface area contributed by atoms with E-state index in [2.05, 4.69) is 15.9 Å². The molecule has 0 fully saturated rings. The first-order valence-electron chi connectivity index (χ1n) is 4.00. The first-order valence-corrected chi connectivity index (χ1v) is 6.69. The molecule has 0 atom stereocenters. The molecule has 0 saturated heterocycles. The number of carbonyl (C=O) groups excluding carboxylic acids is 1. The number of hydrogen-bond donors (Lipinski definition) is 1. The maximum absolute atomic E-state index is 11.2. The summed E-state index contributed by atoms with van der Waals surface area (Å²) in [6.07, 6.45) is 1.02. The fourth-order valence-electron chi connectivity index (χ4n) is 1.07. The molecule has 1 aromatic carbocycles. The highest BCUT2D eigenvalue weighted by Gasteiger charge is 2.18. The standard InChI is InChI=1S/C9H7BrO5S/c1-16(14,15)7-3-2-5(4-6(7)10)8(11)9(12)13/h2-4H,1H3,(H,12,13). The van der Waals surface area contributed by atoms with Crippen molar-refractivity contribution in [3.8, 4) is 0 Å². The third kappa shape index (κ3) is 2.67. The van der Waals surface area contributed by atoms with Crippen LogP contribution in [0.15, 0.2) is 27.6 Å². The third-order valence-electron chi connectivity index (χ3n) is 1.79. The quantitative estimate of drug-likeness (QED) is 0.668. The highest BCUT2D eigenvalue weighted by molar-refractivity contribution is 9.10. The van der Waals surface area contributed by atoms with Crippen LogP contribution in [0.5, 0.6) is 0 Å². The van der Waals surface area contributed by atoms with Crippen molar-refractivity contribution >= 4 is 37.5 Å². The molecule has 0 aliphatic carbocycles. The summed E-state index contributed by atoms with van der Waals surface area (Å²) in [7, 11) is -3.40. The molecule has 1 N–H and O–H groups in total. The second-order valence-electron chi connectivity index (χ2n) is 3.05. The molecule has 86 valence electrons. The lowest BCUT2D eigenvalue weighted by Gasteiger charge is -2.03. The van der Waals surface area contributed by atoms with Crippen LogP contribution in [0.3, 0.4) is 0 Å². The first kappa shape index (κ1) is 12.9. The lowest BCUT2D eigenvalue weighted by atomic mass is 10.1. The van der Waals surface area contributed by atoms with Crippen molar-refractivity contribution in [2.45, 2.75) is 4.90 Å². The SMILES string of the molecule is CS(=O)(=O)c1ccc(C(=O)C(=O)O)cc1Br. The van der Waals surface area contributed by atoms with Crippen LogP contribution in [0.4, 0.5) is 0 Å².